The molecule has 10 heteroatoms. The van der Waals surface area contributed by atoms with Crippen LogP contribution in [0.3, 0.4) is 0 Å². The third kappa shape index (κ3) is 3.18. The van der Waals surface area contributed by atoms with Gasteiger partial charge in [0.2, 0.25) is 0 Å². The second-order valence-electron chi connectivity index (χ2n) is 7.78. The molecule has 0 saturated carbocycles. The predicted octanol–water partition coefficient (Wildman–Crippen LogP) is 3.93. The average Bonchev–Trinajstić information content (AvgIpc) is 3.24. The standard InChI is InChI=1S/C24H16N4O4S2/c29-21-16-7-5-11-25-23(16)28(13-15-12-14-6-1-3-9-18(14)33-15)24(30)20(21)22-26-17-8-2-4-10-19(17)34(31,32)27-22/h1-12,29H,13H2,(H,26,27). The number of hydrogen-bond acceptors (Lipinski definition) is 7. The molecule has 0 radical (unpaired) electrons. The average molecular weight is 489 g/mol. The number of benzene rings is 2. The number of hydrogen-bond donors (Lipinski definition) is 2. The van der Waals surface area contributed by atoms with E-state index in [1.807, 2.05) is 30.3 Å². The number of anilines is 1. The lowest BCUT2D eigenvalue weighted by Gasteiger charge is -2.20. The molecule has 3 aromatic heterocycles. The molecule has 1 aliphatic heterocycles. The number of nitrogens with one attached hydrogen (secondary N) is 1. The highest BCUT2D eigenvalue weighted by atomic mass is 32.2. The van der Waals surface area contributed by atoms with Gasteiger partial charge in [0.1, 0.15) is 21.9 Å². The molecule has 8 nitrogen and oxygen atoms in total. The van der Waals surface area contributed by atoms with Crippen LogP contribution in [0, 0.1) is 0 Å². The molecule has 0 fully saturated rings. The fourth-order valence-electron chi connectivity index (χ4n) is 4.12. The first-order valence-electron chi connectivity index (χ1n) is 10.3. The van der Waals surface area contributed by atoms with Gasteiger partial charge in [0, 0.05) is 15.8 Å². The molecule has 0 amide bonds. The van der Waals surface area contributed by atoms with Crippen LogP contribution in [0.15, 0.2) is 87.0 Å². The maximum atomic E-state index is 13.7. The third-order valence-electron chi connectivity index (χ3n) is 5.65. The second-order valence-corrected chi connectivity index (χ2v) is 10.5. The maximum absolute atomic E-state index is 13.7. The van der Waals surface area contributed by atoms with Crippen LogP contribution in [0.2, 0.25) is 0 Å². The summed E-state index contributed by atoms with van der Waals surface area (Å²) in [5.74, 6) is -0.599. The molecule has 0 unspecified atom stereocenters. The molecule has 2 aromatic carbocycles. The van der Waals surface area contributed by atoms with Crippen molar-refractivity contribution in [1.82, 2.24) is 9.55 Å². The van der Waals surface area contributed by atoms with Gasteiger partial charge in [0.05, 0.1) is 17.6 Å². The normalized spacial score (nSPS) is 14.5. The lowest BCUT2D eigenvalue weighted by Crippen LogP contribution is -2.33. The minimum atomic E-state index is -4.06. The summed E-state index contributed by atoms with van der Waals surface area (Å²) in [5.41, 5.74) is -0.235. The monoisotopic (exact) mass is 488 g/mol. The molecule has 1 aliphatic rings. The van der Waals surface area contributed by atoms with Gasteiger partial charge in [-0.2, -0.15) is 8.42 Å². The van der Waals surface area contributed by atoms with Gasteiger partial charge in [-0.1, -0.05) is 30.3 Å². The highest BCUT2D eigenvalue weighted by molar-refractivity contribution is 7.90. The first kappa shape index (κ1) is 20.6. The van der Waals surface area contributed by atoms with Crippen LogP contribution < -0.4 is 10.9 Å². The van der Waals surface area contributed by atoms with Crippen LogP contribution in [0.25, 0.3) is 21.1 Å². The molecular formula is C24H16N4O4S2. The molecule has 5 aromatic rings. The number of nitrogens with zero attached hydrogens (tertiary/aromatic N) is 3. The van der Waals surface area contributed by atoms with Gasteiger partial charge in [-0.15, -0.1) is 15.7 Å². The molecule has 168 valence electrons. The fraction of sp³-hybridized carbons (Fsp3) is 0.0417. The summed E-state index contributed by atoms with van der Waals surface area (Å²) in [4.78, 5) is 19.0. The SMILES string of the molecule is O=c1c(C2=NS(=O)(=O)c3ccccc3N2)c(O)c2cccnc2n1Cc1cc2ccccc2s1. The fourth-order valence-corrected chi connectivity index (χ4v) is 6.29. The summed E-state index contributed by atoms with van der Waals surface area (Å²) < 4.78 is 31.9. The van der Waals surface area contributed by atoms with Gasteiger partial charge < -0.3 is 10.4 Å². The van der Waals surface area contributed by atoms with Crippen molar-refractivity contribution >= 4 is 54.0 Å². The quantitative estimate of drug-likeness (QED) is 0.398. The number of sulfonamides is 1. The van der Waals surface area contributed by atoms with Crippen molar-refractivity contribution in [3.63, 3.8) is 0 Å². The number of aromatic nitrogens is 2. The van der Waals surface area contributed by atoms with E-state index < -0.39 is 15.6 Å². The van der Waals surface area contributed by atoms with Gasteiger partial charge in [-0.25, -0.2) is 4.98 Å². The molecular weight excluding hydrogens is 472 g/mol. The third-order valence-corrected chi connectivity index (χ3v) is 8.09. The van der Waals surface area contributed by atoms with Gasteiger partial charge in [0.25, 0.3) is 15.6 Å². The molecule has 0 atom stereocenters. The van der Waals surface area contributed by atoms with E-state index in [-0.39, 0.29) is 34.3 Å². The Morgan fingerprint density at radius 2 is 1.82 bits per heavy atom. The van der Waals surface area contributed by atoms with Crippen LogP contribution in [-0.4, -0.2) is 28.9 Å². The Hall–Kier alpha value is -4.02. The van der Waals surface area contributed by atoms with Crippen molar-refractivity contribution in [2.45, 2.75) is 11.4 Å². The molecule has 6 rings (SSSR count). The second kappa shape index (κ2) is 7.51. The van der Waals surface area contributed by atoms with Gasteiger partial charge in [0.15, 0.2) is 5.84 Å². The number of fused-ring (bicyclic) bond motifs is 3. The van der Waals surface area contributed by atoms with E-state index in [2.05, 4.69) is 14.7 Å². The van der Waals surface area contributed by atoms with Crippen molar-refractivity contribution in [1.29, 1.82) is 0 Å². The van der Waals surface area contributed by atoms with Crippen LogP contribution >= 0.6 is 11.3 Å². The molecule has 0 aliphatic carbocycles. The Labute approximate surface area is 197 Å². The first-order chi connectivity index (χ1) is 16.4. The topological polar surface area (TPSA) is 114 Å². The molecule has 0 bridgehead atoms. The predicted molar refractivity (Wildman–Crippen MR) is 132 cm³/mol. The van der Waals surface area contributed by atoms with Crippen molar-refractivity contribution in [3.05, 3.63) is 93.7 Å². The van der Waals surface area contributed by atoms with Crippen LogP contribution in [0.5, 0.6) is 5.75 Å². The minimum absolute atomic E-state index is 0.00583. The van der Waals surface area contributed by atoms with E-state index in [4.69, 9.17) is 0 Å². The van der Waals surface area contributed by atoms with Gasteiger partial charge >= 0.3 is 0 Å². The zero-order valence-electron chi connectivity index (χ0n) is 17.5. The summed E-state index contributed by atoms with van der Waals surface area (Å²) >= 11 is 1.55. The highest BCUT2D eigenvalue weighted by Gasteiger charge is 2.30. The summed E-state index contributed by atoms with van der Waals surface area (Å²) in [6.07, 6.45) is 1.54. The van der Waals surface area contributed by atoms with E-state index in [0.29, 0.717) is 11.0 Å². The zero-order valence-corrected chi connectivity index (χ0v) is 19.1. The number of para-hydroxylation sites is 1. The Morgan fingerprint density at radius 3 is 2.68 bits per heavy atom. The Morgan fingerprint density at radius 1 is 1.03 bits per heavy atom. The Bertz CT molecular complexity index is 1790. The highest BCUT2D eigenvalue weighted by Crippen LogP contribution is 2.32. The van der Waals surface area contributed by atoms with E-state index in [1.165, 1.54) is 10.6 Å². The molecule has 0 spiro atoms. The lowest BCUT2D eigenvalue weighted by molar-refractivity contribution is 0.477. The molecule has 2 N–H and O–H groups in total. The largest absolute Gasteiger partial charge is 0.506 e. The van der Waals surface area contributed by atoms with E-state index >= 15 is 0 Å². The Balaban J connectivity index is 1.58. The smallest absolute Gasteiger partial charge is 0.286 e. The molecule has 0 saturated heterocycles. The lowest BCUT2D eigenvalue weighted by atomic mass is 10.1. The van der Waals surface area contributed by atoms with Crippen molar-refractivity contribution in [3.8, 4) is 5.75 Å². The van der Waals surface area contributed by atoms with Crippen LogP contribution in [0.4, 0.5) is 5.69 Å². The van der Waals surface area contributed by atoms with E-state index in [0.717, 1.165) is 15.0 Å². The molecule has 4 heterocycles. The first-order valence-corrected chi connectivity index (χ1v) is 12.6. The van der Waals surface area contributed by atoms with Crippen molar-refractivity contribution in [2.24, 2.45) is 4.40 Å². The summed E-state index contributed by atoms with van der Waals surface area (Å²) in [7, 11) is -4.06. The Kier molecular flexibility index (Phi) is 4.54. The van der Waals surface area contributed by atoms with E-state index in [9.17, 15) is 18.3 Å². The van der Waals surface area contributed by atoms with Crippen molar-refractivity contribution < 1.29 is 13.5 Å². The molecule has 34 heavy (non-hydrogen) atoms. The number of amidine groups is 1. The summed E-state index contributed by atoms with van der Waals surface area (Å²) in [5, 5.41) is 15.3. The summed E-state index contributed by atoms with van der Waals surface area (Å²) in [6, 6.07) is 19.5. The number of rotatable bonds is 3. The minimum Gasteiger partial charge on any atom is -0.506 e. The van der Waals surface area contributed by atoms with E-state index in [1.54, 1.807) is 47.9 Å². The number of aromatic hydroxyl groups is 1. The van der Waals surface area contributed by atoms with Crippen molar-refractivity contribution in [2.75, 3.05) is 5.32 Å². The van der Waals surface area contributed by atoms with Crippen LogP contribution in [0.1, 0.15) is 10.4 Å². The summed E-state index contributed by atoms with van der Waals surface area (Å²) in [6.45, 7) is 0.204. The van der Waals surface area contributed by atoms with Gasteiger partial charge in [-0.05, 0) is 41.8 Å². The van der Waals surface area contributed by atoms with Crippen LogP contribution in [-0.2, 0) is 16.6 Å². The number of thiophene rings is 1. The van der Waals surface area contributed by atoms with Gasteiger partial charge in [-0.3, -0.25) is 9.36 Å². The maximum Gasteiger partial charge on any atom is 0.286 e. The number of pyridine rings is 2. The zero-order chi connectivity index (χ0) is 23.4.